The van der Waals surface area contributed by atoms with Gasteiger partial charge in [-0.2, -0.15) is 13.2 Å². The molecule has 94 valence electrons. The molecule has 0 amide bonds. The highest BCUT2D eigenvalue weighted by molar-refractivity contribution is 6.29. The zero-order chi connectivity index (χ0) is 13.2. The second-order valence-electron chi connectivity index (χ2n) is 3.36. The second-order valence-corrected chi connectivity index (χ2v) is 3.89. The number of benzene rings is 1. The number of hydrogen-bond acceptors (Lipinski definition) is 2. The predicted molar refractivity (Wildman–Crippen MR) is 54.1 cm³/mol. The maximum atomic E-state index is 12.4. The van der Waals surface area contributed by atoms with E-state index in [1.165, 1.54) is 6.07 Å². The summed E-state index contributed by atoms with van der Waals surface area (Å²) in [6, 6.07) is 2.75. The van der Waals surface area contributed by atoms with Gasteiger partial charge in [0.25, 0.3) is 0 Å². The van der Waals surface area contributed by atoms with Gasteiger partial charge in [0.2, 0.25) is 0 Å². The van der Waals surface area contributed by atoms with E-state index in [0.717, 1.165) is 6.07 Å². The fraction of sp³-hybridized carbons (Fsp3) is 0.300. The quantitative estimate of drug-likeness (QED) is 0.829. The van der Waals surface area contributed by atoms with Crippen LogP contribution < -0.4 is 0 Å². The molecule has 7 heteroatoms. The minimum absolute atomic E-state index is 0.0949. The summed E-state index contributed by atoms with van der Waals surface area (Å²) in [5, 5.41) is 16.3. The molecule has 0 aliphatic heterocycles. The van der Waals surface area contributed by atoms with Gasteiger partial charge in [-0.15, -0.1) is 11.6 Å². The number of carboxylic acid groups (broad SMARTS) is 1. The molecule has 1 unspecified atom stereocenters. The van der Waals surface area contributed by atoms with Crippen molar-refractivity contribution in [1.82, 2.24) is 0 Å². The van der Waals surface area contributed by atoms with Crippen molar-refractivity contribution in [2.45, 2.75) is 18.0 Å². The van der Waals surface area contributed by atoms with Gasteiger partial charge in [-0.1, -0.05) is 6.07 Å². The minimum atomic E-state index is -4.69. The van der Waals surface area contributed by atoms with E-state index in [0.29, 0.717) is 6.07 Å². The second kappa shape index (κ2) is 4.83. The Kier molecular flexibility index (Phi) is 3.87. The fourth-order valence-corrected chi connectivity index (χ4v) is 1.41. The molecule has 1 aromatic carbocycles. The van der Waals surface area contributed by atoms with Gasteiger partial charge in [0.1, 0.15) is 11.1 Å². The molecule has 2 N–H and O–H groups in total. The Morgan fingerprint density at radius 3 is 2.47 bits per heavy atom. The number of alkyl halides is 4. The van der Waals surface area contributed by atoms with E-state index in [-0.39, 0.29) is 12.0 Å². The van der Waals surface area contributed by atoms with Gasteiger partial charge in [-0.3, -0.25) is 4.79 Å². The molecule has 0 aromatic heterocycles. The van der Waals surface area contributed by atoms with Crippen LogP contribution in [0.2, 0.25) is 0 Å². The molecule has 0 aliphatic carbocycles. The Morgan fingerprint density at radius 1 is 1.41 bits per heavy atom. The summed E-state index contributed by atoms with van der Waals surface area (Å²) in [6.45, 7) is 0. The first-order valence-electron chi connectivity index (χ1n) is 4.48. The van der Waals surface area contributed by atoms with E-state index >= 15 is 0 Å². The van der Waals surface area contributed by atoms with Crippen LogP contribution in [0.4, 0.5) is 13.2 Å². The standard InChI is InChI=1S/C10H8ClF3O3/c11-7(9(16)17)4-5-1-2-8(15)6(3-5)10(12,13)14/h1-3,7,15H,4H2,(H,16,17). The zero-order valence-corrected chi connectivity index (χ0v) is 9.09. The lowest BCUT2D eigenvalue weighted by Gasteiger charge is -2.11. The molecule has 3 nitrogen and oxygen atoms in total. The summed E-state index contributed by atoms with van der Waals surface area (Å²) in [5.41, 5.74) is -1.11. The number of phenolic OH excluding ortho intramolecular Hbond substituents is 1. The molecule has 1 rings (SSSR count). The van der Waals surface area contributed by atoms with Crippen molar-refractivity contribution >= 4 is 17.6 Å². The van der Waals surface area contributed by atoms with Gasteiger partial charge in [0.05, 0.1) is 5.56 Å². The first-order valence-corrected chi connectivity index (χ1v) is 4.91. The first kappa shape index (κ1) is 13.6. The van der Waals surface area contributed by atoms with E-state index in [9.17, 15) is 18.0 Å². The SMILES string of the molecule is O=C(O)C(Cl)Cc1ccc(O)c(C(F)(F)F)c1. The van der Waals surface area contributed by atoms with Crippen LogP contribution in [0.1, 0.15) is 11.1 Å². The van der Waals surface area contributed by atoms with Crippen molar-refractivity contribution in [3.63, 3.8) is 0 Å². The lowest BCUT2D eigenvalue weighted by atomic mass is 10.0. The zero-order valence-electron chi connectivity index (χ0n) is 8.33. The van der Waals surface area contributed by atoms with Crippen LogP contribution in [-0.2, 0) is 17.4 Å². The van der Waals surface area contributed by atoms with Crippen LogP contribution in [0.15, 0.2) is 18.2 Å². The number of aliphatic carboxylic acids is 1. The Morgan fingerprint density at radius 2 is 2.00 bits per heavy atom. The highest BCUT2D eigenvalue weighted by Gasteiger charge is 2.34. The van der Waals surface area contributed by atoms with Gasteiger partial charge in [0, 0.05) is 0 Å². The maximum absolute atomic E-state index is 12.4. The molecular formula is C10H8ClF3O3. The highest BCUT2D eigenvalue weighted by atomic mass is 35.5. The largest absolute Gasteiger partial charge is 0.507 e. The summed E-state index contributed by atoms with van der Waals surface area (Å²) in [7, 11) is 0. The summed E-state index contributed by atoms with van der Waals surface area (Å²) < 4.78 is 37.2. The average Bonchev–Trinajstić information content (AvgIpc) is 2.19. The van der Waals surface area contributed by atoms with Crippen molar-refractivity contribution in [3.8, 4) is 5.75 Å². The monoisotopic (exact) mass is 268 g/mol. The molecular weight excluding hydrogens is 261 g/mol. The molecule has 17 heavy (non-hydrogen) atoms. The van der Waals surface area contributed by atoms with Crippen molar-refractivity contribution in [2.75, 3.05) is 0 Å². The number of carbonyl (C=O) groups is 1. The van der Waals surface area contributed by atoms with Gasteiger partial charge in [-0.05, 0) is 24.1 Å². The molecule has 0 bridgehead atoms. The van der Waals surface area contributed by atoms with Crippen LogP contribution >= 0.6 is 11.6 Å². The lowest BCUT2D eigenvalue weighted by Crippen LogP contribution is -2.16. The Bertz CT molecular complexity index is 431. The Balaban J connectivity index is 3.01. The van der Waals surface area contributed by atoms with E-state index in [4.69, 9.17) is 21.8 Å². The van der Waals surface area contributed by atoms with Gasteiger partial charge in [0.15, 0.2) is 0 Å². The number of rotatable bonds is 3. The molecule has 0 saturated carbocycles. The minimum Gasteiger partial charge on any atom is -0.507 e. The number of carboxylic acids is 1. The Hall–Kier alpha value is -1.43. The van der Waals surface area contributed by atoms with Crippen LogP contribution in [-0.4, -0.2) is 21.6 Å². The third kappa shape index (κ3) is 3.52. The lowest BCUT2D eigenvalue weighted by molar-refractivity contribution is -0.138. The summed E-state index contributed by atoms with van der Waals surface area (Å²) >= 11 is 5.41. The van der Waals surface area contributed by atoms with Crippen molar-refractivity contribution in [3.05, 3.63) is 29.3 Å². The van der Waals surface area contributed by atoms with E-state index in [2.05, 4.69) is 0 Å². The van der Waals surface area contributed by atoms with E-state index in [1.54, 1.807) is 0 Å². The van der Waals surface area contributed by atoms with Crippen molar-refractivity contribution in [1.29, 1.82) is 0 Å². The molecule has 1 aromatic rings. The first-order chi connectivity index (χ1) is 7.71. The molecule has 0 heterocycles. The molecule has 0 fully saturated rings. The molecule has 0 saturated heterocycles. The van der Waals surface area contributed by atoms with Crippen LogP contribution in [0.25, 0.3) is 0 Å². The number of phenols is 1. The third-order valence-electron chi connectivity index (χ3n) is 2.05. The van der Waals surface area contributed by atoms with Crippen molar-refractivity contribution in [2.24, 2.45) is 0 Å². The normalized spacial score (nSPS) is 13.4. The molecule has 0 radical (unpaired) electrons. The van der Waals surface area contributed by atoms with Gasteiger partial charge >= 0.3 is 12.1 Å². The smallest absolute Gasteiger partial charge is 0.419 e. The molecule has 1 atom stereocenters. The highest BCUT2D eigenvalue weighted by Crippen LogP contribution is 2.36. The number of halogens is 4. The molecule has 0 spiro atoms. The fourth-order valence-electron chi connectivity index (χ4n) is 1.23. The van der Waals surface area contributed by atoms with Crippen LogP contribution in [0.5, 0.6) is 5.75 Å². The van der Waals surface area contributed by atoms with Crippen LogP contribution in [0.3, 0.4) is 0 Å². The topological polar surface area (TPSA) is 57.5 Å². The summed E-state index contributed by atoms with van der Waals surface area (Å²) in [5.74, 6) is -2.21. The van der Waals surface area contributed by atoms with E-state index < -0.39 is 28.8 Å². The van der Waals surface area contributed by atoms with Gasteiger partial charge < -0.3 is 10.2 Å². The third-order valence-corrected chi connectivity index (χ3v) is 2.39. The summed E-state index contributed by atoms with van der Waals surface area (Å²) in [4.78, 5) is 10.4. The molecule has 0 aliphatic rings. The predicted octanol–water partition coefficient (Wildman–Crippen LogP) is 2.65. The number of aromatic hydroxyl groups is 1. The number of hydrogen-bond donors (Lipinski definition) is 2. The maximum Gasteiger partial charge on any atom is 0.419 e. The summed E-state index contributed by atoms with van der Waals surface area (Å²) in [6.07, 6.45) is -4.94. The van der Waals surface area contributed by atoms with Crippen molar-refractivity contribution < 1.29 is 28.2 Å². The van der Waals surface area contributed by atoms with Gasteiger partial charge in [-0.25, -0.2) is 0 Å². The van der Waals surface area contributed by atoms with E-state index in [1.807, 2.05) is 0 Å². The average molecular weight is 269 g/mol. The van der Waals surface area contributed by atoms with Crippen LogP contribution in [0, 0.1) is 0 Å². The Labute approximate surface area is 99.4 Å².